The molecule has 24 heavy (non-hydrogen) atoms. The van der Waals surface area contributed by atoms with E-state index in [2.05, 4.69) is 26.1 Å². The van der Waals surface area contributed by atoms with E-state index >= 15 is 0 Å². The van der Waals surface area contributed by atoms with Gasteiger partial charge in [-0.2, -0.15) is 0 Å². The molecule has 6 heteroatoms. The fourth-order valence-corrected chi connectivity index (χ4v) is 2.80. The third kappa shape index (κ3) is 5.94. The highest BCUT2D eigenvalue weighted by Gasteiger charge is 2.03. The van der Waals surface area contributed by atoms with Crippen LogP contribution in [0.1, 0.15) is 24.5 Å². The van der Waals surface area contributed by atoms with E-state index in [1.54, 1.807) is 12.4 Å². The van der Waals surface area contributed by atoms with Gasteiger partial charge in [-0.1, -0.05) is 53.3 Å². The molecule has 0 bridgehead atoms. The Bertz CT molecular complexity index is 732. The number of halogens is 1. The van der Waals surface area contributed by atoms with Crippen LogP contribution in [0.15, 0.2) is 69.9 Å². The van der Waals surface area contributed by atoms with Crippen LogP contribution in [0.5, 0.6) is 0 Å². The van der Waals surface area contributed by atoms with Gasteiger partial charge in [-0.25, -0.2) is 0 Å². The normalized spacial score (nSPS) is 11.7. The average molecular weight is 404 g/mol. The molecule has 0 aliphatic carbocycles. The molecule has 2 rings (SSSR count). The van der Waals surface area contributed by atoms with Gasteiger partial charge in [-0.3, -0.25) is 10.4 Å². The van der Waals surface area contributed by atoms with E-state index in [1.807, 2.05) is 54.8 Å². The number of allylic oxidation sites excluding steroid dienone is 1. The van der Waals surface area contributed by atoms with Crippen molar-refractivity contribution in [3.8, 4) is 0 Å². The zero-order chi connectivity index (χ0) is 17.2. The van der Waals surface area contributed by atoms with Gasteiger partial charge in [0.05, 0.1) is 5.71 Å². The highest BCUT2D eigenvalue weighted by atomic mass is 79.9. The maximum absolute atomic E-state index is 8.08. The lowest BCUT2D eigenvalue weighted by molar-refractivity contribution is 0.158. The Morgan fingerprint density at radius 3 is 2.79 bits per heavy atom. The van der Waals surface area contributed by atoms with Crippen LogP contribution in [-0.4, -0.2) is 22.3 Å². The third-order valence-electron chi connectivity index (χ3n) is 2.97. The lowest BCUT2D eigenvalue weighted by Crippen LogP contribution is -2.00. The van der Waals surface area contributed by atoms with Crippen LogP contribution >= 0.6 is 27.7 Å². The molecule has 0 unspecified atom stereocenters. The van der Waals surface area contributed by atoms with Gasteiger partial charge < -0.3 is 4.84 Å². The van der Waals surface area contributed by atoms with Crippen LogP contribution in [0.3, 0.4) is 0 Å². The Kier molecular flexibility index (Phi) is 7.71. The van der Waals surface area contributed by atoms with E-state index in [-0.39, 0.29) is 0 Å². The summed E-state index contributed by atoms with van der Waals surface area (Å²) in [4.78, 5) is 9.28. The quantitative estimate of drug-likeness (QED) is 0.390. The summed E-state index contributed by atoms with van der Waals surface area (Å²) in [5.41, 5.74) is 2.68. The standard InChI is InChI=1S/C18H18BrN3OS/c1-2-23-22-17(14-7-4-3-5-8-14)9-6-10-24-18(20)15-11-16(19)13-21-12-15/h3-8,10-13,20H,2,9H2,1H3/b10-6+,20-18?,22-17+. The van der Waals surface area contributed by atoms with Crippen molar-refractivity contribution in [2.75, 3.05) is 6.61 Å². The van der Waals surface area contributed by atoms with Crippen molar-refractivity contribution in [1.82, 2.24) is 4.98 Å². The molecular formula is C18H18BrN3OS. The largest absolute Gasteiger partial charge is 0.396 e. The summed E-state index contributed by atoms with van der Waals surface area (Å²) in [6, 6.07) is 11.8. The zero-order valence-electron chi connectivity index (χ0n) is 13.3. The van der Waals surface area contributed by atoms with Gasteiger partial charge in [0.1, 0.15) is 11.7 Å². The second kappa shape index (κ2) is 10.1. The molecule has 0 amide bonds. The summed E-state index contributed by atoms with van der Waals surface area (Å²) < 4.78 is 0.865. The lowest BCUT2D eigenvalue weighted by atomic mass is 10.1. The van der Waals surface area contributed by atoms with Crippen molar-refractivity contribution in [2.24, 2.45) is 5.16 Å². The summed E-state index contributed by atoms with van der Waals surface area (Å²) in [6.45, 7) is 2.44. The van der Waals surface area contributed by atoms with E-state index in [0.29, 0.717) is 18.1 Å². The lowest BCUT2D eigenvalue weighted by Gasteiger charge is -2.04. The van der Waals surface area contributed by atoms with Gasteiger partial charge in [0.15, 0.2) is 0 Å². The number of pyridine rings is 1. The predicted molar refractivity (Wildman–Crippen MR) is 105 cm³/mol. The van der Waals surface area contributed by atoms with Crippen molar-refractivity contribution in [1.29, 1.82) is 5.41 Å². The minimum atomic E-state index is 0.447. The number of rotatable bonds is 7. The summed E-state index contributed by atoms with van der Waals surface area (Å²) in [6.07, 6.45) is 6.00. The molecule has 1 aromatic heterocycles. The Balaban J connectivity index is 1.96. The van der Waals surface area contributed by atoms with Crippen molar-refractivity contribution in [3.63, 3.8) is 0 Å². The fourth-order valence-electron chi connectivity index (χ4n) is 1.86. The van der Waals surface area contributed by atoms with Crippen LogP contribution < -0.4 is 0 Å². The van der Waals surface area contributed by atoms with Gasteiger partial charge in [0.2, 0.25) is 0 Å². The minimum absolute atomic E-state index is 0.447. The summed E-state index contributed by atoms with van der Waals surface area (Å²) in [7, 11) is 0. The highest BCUT2D eigenvalue weighted by Crippen LogP contribution is 2.17. The zero-order valence-corrected chi connectivity index (χ0v) is 15.7. The highest BCUT2D eigenvalue weighted by molar-refractivity contribution is 9.10. The number of aromatic nitrogens is 1. The third-order valence-corrected chi connectivity index (χ3v) is 4.20. The number of benzene rings is 1. The molecule has 0 fully saturated rings. The molecular weight excluding hydrogens is 386 g/mol. The van der Waals surface area contributed by atoms with E-state index in [0.717, 1.165) is 21.3 Å². The van der Waals surface area contributed by atoms with Crippen LogP contribution in [-0.2, 0) is 4.84 Å². The Hall–Kier alpha value is -1.92. The smallest absolute Gasteiger partial charge is 0.114 e. The van der Waals surface area contributed by atoms with Gasteiger partial charge in [0, 0.05) is 28.9 Å². The number of hydrogen-bond acceptors (Lipinski definition) is 5. The molecule has 1 aromatic carbocycles. The fraction of sp³-hybridized carbons (Fsp3) is 0.167. The molecule has 124 valence electrons. The number of nitrogens with one attached hydrogen (secondary N) is 1. The van der Waals surface area contributed by atoms with Crippen LogP contribution in [0.25, 0.3) is 0 Å². The molecule has 0 radical (unpaired) electrons. The van der Waals surface area contributed by atoms with Crippen molar-refractivity contribution >= 4 is 38.4 Å². The summed E-state index contributed by atoms with van der Waals surface area (Å²) >= 11 is 4.71. The van der Waals surface area contributed by atoms with Crippen LogP contribution in [0, 0.1) is 5.41 Å². The van der Waals surface area contributed by atoms with Crippen LogP contribution in [0.4, 0.5) is 0 Å². The average Bonchev–Trinajstić information content (AvgIpc) is 2.61. The van der Waals surface area contributed by atoms with E-state index in [4.69, 9.17) is 10.2 Å². The molecule has 0 aliphatic heterocycles. The summed E-state index contributed by atoms with van der Waals surface area (Å²) in [5, 5.41) is 14.6. The molecule has 2 aromatic rings. The molecule has 4 nitrogen and oxygen atoms in total. The van der Waals surface area contributed by atoms with E-state index < -0.39 is 0 Å². The minimum Gasteiger partial charge on any atom is -0.396 e. The second-order valence-corrected chi connectivity index (χ2v) is 6.57. The molecule has 0 aliphatic rings. The van der Waals surface area contributed by atoms with Crippen molar-refractivity contribution in [3.05, 3.63) is 75.9 Å². The first-order chi connectivity index (χ1) is 11.7. The van der Waals surface area contributed by atoms with E-state index in [1.165, 1.54) is 11.8 Å². The molecule has 1 heterocycles. The van der Waals surface area contributed by atoms with Gasteiger partial charge in [0.25, 0.3) is 0 Å². The molecule has 0 atom stereocenters. The van der Waals surface area contributed by atoms with Gasteiger partial charge in [-0.05, 0) is 39.9 Å². The predicted octanol–water partition coefficient (Wildman–Crippen LogP) is 5.25. The van der Waals surface area contributed by atoms with Crippen molar-refractivity contribution in [2.45, 2.75) is 13.3 Å². The first-order valence-corrected chi connectivity index (χ1v) is 9.13. The molecule has 0 spiro atoms. The van der Waals surface area contributed by atoms with E-state index in [9.17, 15) is 0 Å². The maximum Gasteiger partial charge on any atom is 0.114 e. The monoisotopic (exact) mass is 403 g/mol. The maximum atomic E-state index is 8.08. The SMILES string of the molecule is CCO/N=C(\C/C=C/SC(=N)c1cncc(Br)c1)c1ccccc1. The molecule has 0 saturated heterocycles. The molecule has 1 N–H and O–H groups in total. The Morgan fingerprint density at radius 1 is 1.29 bits per heavy atom. The summed E-state index contributed by atoms with van der Waals surface area (Å²) in [5.74, 6) is 0. The van der Waals surface area contributed by atoms with Gasteiger partial charge >= 0.3 is 0 Å². The number of thioether (sulfide) groups is 1. The molecule has 0 saturated carbocycles. The number of nitrogens with zero attached hydrogens (tertiary/aromatic N) is 2. The van der Waals surface area contributed by atoms with Crippen molar-refractivity contribution < 1.29 is 4.84 Å². The second-order valence-electron chi connectivity index (χ2n) is 4.74. The number of hydrogen-bond donors (Lipinski definition) is 1. The first kappa shape index (κ1) is 18.4. The Morgan fingerprint density at radius 2 is 2.08 bits per heavy atom. The Labute approximate surface area is 154 Å². The first-order valence-electron chi connectivity index (χ1n) is 7.46. The topological polar surface area (TPSA) is 58.3 Å². The van der Waals surface area contributed by atoms with Crippen LogP contribution in [0.2, 0.25) is 0 Å². The number of oxime groups is 1. The van der Waals surface area contributed by atoms with Gasteiger partial charge in [-0.15, -0.1) is 0 Å².